The number of aryl methyl sites for hydroxylation is 1. The molecule has 0 spiro atoms. The van der Waals surface area contributed by atoms with Gasteiger partial charge in [0.1, 0.15) is 0 Å². The molecule has 1 fully saturated rings. The van der Waals surface area contributed by atoms with Crippen LogP contribution in [0.15, 0.2) is 4.52 Å². The van der Waals surface area contributed by atoms with Crippen molar-refractivity contribution in [1.82, 2.24) is 15.0 Å². The molecule has 1 atom stereocenters. The lowest BCUT2D eigenvalue weighted by molar-refractivity contribution is 0.0613. The second kappa shape index (κ2) is 4.06. The molecule has 0 aromatic carbocycles. The number of β-amino-alcohol motifs (C(OH)–C–C–N with tert-alkyl or cyclic N) is 1. The molecule has 14 heavy (non-hydrogen) atoms. The van der Waals surface area contributed by atoms with Crippen molar-refractivity contribution in [3.63, 3.8) is 0 Å². The number of aromatic nitrogens is 2. The molecule has 1 aliphatic rings. The fraction of sp³-hybridized carbons (Fsp3) is 0.778. The molecule has 0 amide bonds. The third kappa shape index (κ3) is 2.30. The first kappa shape index (κ1) is 9.61. The van der Waals surface area contributed by atoms with Crippen molar-refractivity contribution in [2.45, 2.75) is 32.4 Å². The van der Waals surface area contributed by atoms with Crippen LogP contribution < -0.4 is 0 Å². The van der Waals surface area contributed by atoms with E-state index in [1.165, 1.54) is 0 Å². The van der Waals surface area contributed by atoms with Crippen LogP contribution in [0.4, 0.5) is 0 Å². The van der Waals surface area contributed by atoms with Crippen molar-refractivity contribution in [3.8, 4) is 0 Å². The maximum Gasteiger partial charge on any atom is 0.240 e. The number of hydrogen-bond acceptors (Lipinski definition) is 5. The summed E-state index contributed by atoms with van der Waals surface area (Å²) < 4.78 is 5.02. The molecule has 0 saturated carbocycles. The Labute approximate surface area is 82.7 Å². The highest BCUT2D eigenvalue weighted by Crippen LogP contribution is 2.12. The average Bonchev–Trinajstić information content (AvgIpc) is 2.51. The normalized spacial score (nSPS) is 24.0. The average molecular weight is 197 g/mol. The van der Waals surface area contributed by atoms with Gasteiger partial charge in [-0.05, 0) is 26.3 Å². The van der Waals surface area contributed by atoms with Crippen molar-refractivity contribution < 1.29 is 9.63 Å². The molecule has 1 saturated heterocycles. The van der Waals surface area contributed by atoms with E-state index in [1.807, 2.05) is 0 Å². The van der Waals surface area contributed by atoms with E-state index in [9.17, 15) is 5.11 Å². The fourth-order valence-electron chi connectivity index (χ4n) is 1.77. The van der Waals surface area contributed by atoms with E-state index >= 15 is 0 Å². The molecule has 0 bridgehead atoms. The Morgan fingerprint density at radius 3 is 3.14 bits per heavy atom. The minimum Gasteiger partial charge on any atom is -0.392 e. The van der Waals surface area contributed by atoms with Gasteiger partial charge < -0.3 is 9.63 Å². The number of likely N-dealkylation sites (tertiary alicyclic amines) is 1. The van der Waals surface area contributed by atoms with Crippen molar-refractivity contribution >= 4 is 0 Å². The summed E-state index contributed by atoms with van der Waals surface area (Å²) >= 11 is 0. The topological polar surface area (TPSA) is 62.4 Å². The molecule has 5 nitrogen and oxygen atoms in total. The van der Waals surface area contributed by atoms with E-state index < -0.39 is 0 Å². The summed E-state index contributed by atoms with van der Waals surface area (Å²) in [6.45, 7) is 4.16. The van der Waals surface area contributed by atoms with E-state index in [1.54, 1.807) is 6.92 Å². The molecule has 0 radical (unpaired) electrons. The van der Waals surface area contributed by atoms with Gasteiger partial charge in [-0.3, -0.25) is 4.90 Å². The second-order valence-corrected chi connectivity index (χ2v) is 3.77. The molecule has 5 heteroatoms. The minimum absolute atomic E-state index is 0.201. The maximum atomic E-state index is 9.45. The van der Waals surface area contributed by atoms with Crippen LogP contribution in [0.2, 0.25) is 0 Å². The van der Waals surface area contributed by atoms with E-state index in [0.717, 1.165) is 19.4 Å². The van der Waals surface area contributed by atoms with Crippen molar-refractivity contribution in [3.05, 3.63) is 11.7 Å². The van der Waals surface area contributed by atoms with E-state index in [2.05, 4.69) is 15.0 Å². The highest BCUT2D eigenvalue weighted by Gasteiger charge is 2.19. The molecule has 0 unspecified atom stereocenters. The van der Waals surface area contributed by atoms with Gasteiger partial charge >= 0.3 is 0 Å². The first-order chi connectivity index (χ1) is 6.74. The highest BCUT2D eigenvalue weighted by atomic mass is 16.5. The standard InChI is InChI=1S/C9H15N3O2/c1-7-10-9(14-11-7)6-12-4-2-3-8(13)5-12/h8,13H,2-6H2,1H3/t8-/m0/s1. The summed E-state index contributed by atoms with van der Waals surface area (Å²) in [6.07, 6.45) is 1.74. The van der Waals surface area contributed by atoms with Gasteiger partial charge in [-0.25, -0.2) is 0 Å². The van der Waals surface area contributed by atoms with Crippen LogP contribution in [0.1, 0.15) is 24.6 Å². The van der Waals surface area contributed by atoms with Gasteiger partial charge in [0, 0.05) is 6.54 Å². The van der Waals surface area contributed by atoms with Gasteiger partial charge in [-0.15, -0.1) is 0 Å². The predicted octanol–water partition coefficient (Wildman–Crippen LogP) is 0.335. The highest BCUT2D eigenvalue weighted by molar-refractivity contribution is 4.84. The third-order valence-corrected chi connectivity index (χ3v) is 2.41. The molecule has 2 rings (SSSR count). The van der Waals surface area contributed by atoms with Gasteiger partial charge in [0.15, 0.2) is 5.82 Å². The number of hydrogen-bond donors (Lipinski definition) is 1. The SMILES string of the molecule is Cc1noc(CN2CCC[C@H](O)C2)n1. The molecule has 0 aliphatic carbocycles. The van der Waals surface area contributed by atoms with Crippen molar-refractivity contribution in [2.75, 3.05) is 13.1 Å². The fourth-order valence-corrected chi connectivity index (χ4v) is 1.77. The van der Waals surface area contributed by atoms with Gasteiger partial charge in [-0.1, -0.05) is 5.16 Å². The Hall–Kier alpha value is -0.940. The Balaban J connectivity index is 1.90. The molecular weight excluding hydrogens is 182 g/mol. The number of aliphatic hydroxyl groups is 1. The molecule has 1 N–H and O–H groups in total. The second-order valence-electron chi connectivity index (χ2n) is 3.77. The lowest BCUT2D eigenvalue weighted by Gasteiger charge is -2.28. The van der Waals surface area contributed by atoms with Crippen molar-refractivity contribution in [2.24, 2.45) is 0 Å². The van der Waals surface area contributed by atoms with Gasteiger partial charge in [0.05, 0.1) is 12.6 Å². The summed E-state index contributed by atoms with van der Waals surface area (Å²) in [5, 5.41) is 13.2. The summed E-state index contributed by atoms with van der Waals surface area (Å²) in [4.78, 5) is 6.27. The molecule has 78 valence electrons. The first-order valence-electron chi connectivity index (χ1n) is 4.93. The van der Waals surface area contributed by atoms with E-state index in [0.29, 0.717) is 24.8 Å². The number of aliphatic hydroxyl groups excluding tert-OH is 1. The molecule has 1 aromatic rings. The first-order valence-corrected chi connectivity index (χ1v) is 4.93. The zero-order valence-electron chi connectivity index (χ0n) is 8.31. The maximum absolute atomic E-state index is 9.45. The molecule has 1 aliphatic heterocycles. The van der Waals surface area contributed by atoms with Crippen LogP contribution in [0.3, 0.4) is 0 Å². The van der Waals surface area contributed by atoms with E-state index in [4.69, 9.17) is 4.52 Å². The lowest BCUT2D eigenvalue weighted by Crippen LogP contribution is -2.37. The molecule has 1 aromatic heterocycles. The molecular formula is C9H15N3O2. The van der Waals surface area contributed by atoms with Crippen LogP contribution >= 0.6 is 0 Å². The lowest BCUT2D eigenvalue weighted by atomic mass is 10.1. The summed E-state index contributed by atoms with van der Waals surface area (Å²) in [7, 11) is 0. The van der Waals surface area contributed by atoms with Crippen LogP contribution in [0.5, 0.6) is 0 Å². The Morgan fingerprint density at radius 2 is 2.50 bits per heavy atom. The number of nitrogens with zero attached hydrogens (tertiary/aromatic N) is 3. The largest absolute Gasteiger partial charge is 0.392 e. The number of piperidine rings is 1. The van der Waals surface area contributed by atoms with Gasteiger partial charge in [-0.2, -0.15) is 4.98 Å². The van der Waals surface area contributed by atoms with Crippen LogP contribution in [0.25, 0.3) is 0 Å². The third-order valence-electron chi connectivity index (χ3n) is 2.41. The Bertz CT molecular complexity index is 300. The zero-order valence-corrected chi connectivity index (χ0v) is 8.31. The number of rotatable bonds is 2. The monoisotopic (exact) mass is 197 g/mol. The van der Waals surface area contributed by atoms with Gasteiger partial charge in [0.2, 0.25) is 5.89 Å². The predicted molar refractivity (Wildman–Crippen MR) is 49.6 cm³/mol. The minimum atomic E-state index is -0.201. The van der Waals surface area contributed by atoms with Crippen LogP contribution in [-0.2, 0) is 6.54 Å². The van der Waals surface area contributed by atoms with Crippen LogP contribution in [-0.4, -0.2) is 39.3 Å². The van der Waals surface area contributed by atoms with E-state index in [-0.39, 0.29) is 6.10 Å². The summed E-state index contributed by atoms with van der Waals surface area (Å²) in [5.74, 6) is 1.30. The summed E-state index contributed by atoms with van der Waals surface area (Å²) in [5.41, 5.74) is 0. The Morgan fingerprint density at radius 1 is 1.64 bits per heavy atom. The smallest absolute Gasteiger partial charge is 0.240 e. The van der Waals surface area contributed by atoms with Crippen molar-refractivity contribution in [1.29, 1.82) is 0 Å². The Kier molecular flexibility index (Phi) is 2.79. The zero-order chi connectivity index (χ0) is 9.97. The van der Waals surface area contributed by atoms with Crippen LogP contribution in [0, 0.1) is 6.92 Å². The molecule has 2 heterocycles. The van der Waals surface area contributed by atoms with Gasteiger partial charge in [0.25, 0.3) is 0 Å². The quantitative estimate of drug-likeness (QED) is 0.740. The summed E-state index contributed by atoms with van der Waals surface area (Å²) in [6, 6.07) is 0.